The Bertz CT molecular complexity index is 629. The van der Waals surface area contributed by atoms with Gasteiger partial charge in [0.1, 0.15) is 0 Å². The fourth-order valence-electron chi connectivity index (χ4n) is 1.65. The first-order valence-electron chi connectivity index (χ1n) is 5.75. The van der Waals surface area contributed by atoms with E-state index in [0.29, 0.717) is 16.8 Å². The topological polar surface area (TPSA) is 72.2 Å². The van der Waals surface area contributed by atoms with Gasteiger partial charge in [-0.25, -0.2) is 0 Å². The van der Waals surface area contributed by atoms with Gasteiger partial charge >= 0.3 is 0 Å². The molecule has 2 rings (SSSR count). The number of nitrogens with two attached hydrogens (primary N) is 1. The number of nitrogens with one attached hydrogen (secondary N) is 1. The molecule has 0 spiro atoms. The molecule has 0 saturated heterocycles. The number of carbonyl (C=O) groups is 2. The van der Waals surface area contributed by atoms with Gasteiger partial charge in [-0.05, 0) is 43.7 Å². The lowest BCUT2D eigenvalue weighted by molar-refractivity contribution is 0.0998. The second kappa shape index (κ2) is 5.24. The van der Waals surface area contributed by atoms with Crippen molar-refractivity contribution in [2.45, 2.75) is 13.8 Å². The van der Waals surface area contributed by atoms with E-state index in [1.54, 1.807) is 35.6 Å². The summed E-state index contributed by atoms with van der Waals surface area (Å²) in [5.41, 5.74) is 7.89. The molecule has 4 nitrogen and oxygen atoms in total. The molecule has 19 heavy (non-hydrogen) atoms. The van der Waals surface area contributed by atoms with Gasteiger partial charge in [0.2, 0.25) is 5.91 Å². The molecule has 2 aromatic rings. The van der Waals surface area contributed by atoms with Crippen molar-refractivity contribution in [1.29, 1.82) is 0 Å². The van der Waals surface area contributed by atoms with Crippen molar-refractivity contribution in [2.75, 3.05) is 5.32 Å². The van der Waals surface area contributed by atoms with Crippen molar-refractivity contribution in [2.24, 2.45) is 5.73 Å². The summed E-state index contributed by atoms with van der Waals surface area (Å²) in [4.78, 5) is 24.1. The molecule has 3 N–H and O–H groups in total. The minimum Gasteiger partial charge on any atom is -0.366 e. The number of carbonyl (C=O) groups excluding carboxylic acids is 2. The first kappa shape index (κ1) is 13.3. The molecule has 0 radical (unpaired) electrons. The third-order valence-corrected chi connectivity index (χ3v) is 3.97. The second-order valence-corrected chi connectivity index (χ2v) is 5.31. The normalized spacial score (nSPS) is 10.2. The van der Waals surface area contributed by atoms with E-state index in [1.807, 2.05) is 19.2 Å². The number of aryl methyl sites for hydroxylation is 1. The van der Waals surface area contributed by atoms with Gasteiger partial charge in [-0.2, -0.15) is 0 Å². The van der Waals surface area contributed by atoms with Gasteiger partial charge < -0.3 is 11.1 Å². The summed E-state index contributed by atoms with van der Waals surface area (Å²) >= 11 is 1.55. The third kappa shape index (κ3) is 2.82. The molecule has 0 unspecified atom stereocenters. The van der Waals surface area contributed by atoms with Crippen LogP contribution in [0.3, 0.4) is 0 Å². The standard InChI is InChI=1S/C14H14N2O2S/c1-8-9(2)19-7-12(8)14(18)16-11-5-3-10(4-6-11)13(15)17/h3-7H,1-2H3,(H2,15,17)(H,16,18). The lowest BCUT2D eigenvalue weighted by Crippen LogP contribution is -2.13. The molecule has 0 saturated carbocycles. The van der Waals surface area contributed by atoms with Crippen molar-refractivity contribution >= 4 is 28.8 Å². The fraction of sp³-hybridized carbons (Fsp3) is 0.143. The molecule has 0 fully saturated rings. The number of thiophene rings is 1. The Labute approximate surface area is 115 Å². The highest BCUT2D eigenvalue weighted by Gasteiger charge is 2.12. The average Bonchev–Trinajstić information content (AvgIpc) is 2.70. The monoisotopic (exact) mass is 274 g/mol. The van der Waals surface area contributed by atoms with E-state index in [-0.39, 0.29) is 5.91 Å². The lowest BCUT2D eigenvalue weighted by atomic mass is 10.1. The van der Waals surface area contributed by atoms with Crippen LogP contribution in [0.15, 0.2) is 29.6 Å². The number of primary amides is 1. The maximum absolute atomic E-state index is 12.1. The summed E-state index contributed by atoms with van der Waals surface area (Å²) in [5.74, 6) is -0.629. The minimum absolute atomic E-state index is 0.145. The second-order valence-electron chi connectivity index (χ2n) is 4.23. The highest BCUT2D eigenvalue weighted by atomic mass is 32.1. The van der Waals surface area contributed by atoms with Crippen LogP contribution < -0.4 is 11.1 Å². The molecule has 2 amide bonds. The summed E-state index contributed by atoms with van der Waals surface area (Å²) in [7, 11) is 0. The quantitative estimate of drug-likeness (QED) is 0.903. The van der Waals surface area contributed by atoms with Crippen LogP contribution in [0.25, 0.3) is 0 Å². The molecule has 1 aromatic carbocycles. The number of hydrogen-bond donors (Lipinski definition) is 2. The molecule has 1 heterocycles. The summed E-state index contributed by atoms with van der Waals surface area (Å²) in [6.07, 6.45) is 0. The van der Waals surface area contributed by atoms with Crippen molar-refractivity contribution in [3.63, 3.8) is 0 Å². The molecule has 1 aromatic heterocycles. The Kier molecular flexibility index (Phi) is 3.66. The van der Waals surface area contributed by atoms with Crippen LogP contribution in [-0.2, 0) is 0 Å². The first-order valence-corrected chi connectivity index (χ1v) is 6.63. The van der Waals surface area contributed by atoms with E-state index in [1.165, 1.54) is 0 Å². The van der Waals surface area contributed by atoms with Gasteiger partial charge in [0.15, 0.2) is 0 Å². The minimum atomic E-state index is -0.484. The van der Waals surface area contributed by atoms with Crippen LogP contribution in [-0.4, -0.2) is 11.8 Å². The lowest BCUT2D eigenvalue weighted by Gasteiger charge is -2.05. The van der Waals surface area contributed by atoms with Gasteiger partial charge in [-0.15, -0.1) is 11.3 Å². The van der Waals surface area contributed by atoms with Crippen molar-refractivity contribution in [3.8, 4) is 0 Å². The van der Waals surface area contributed by atoms with Crippen molar-refractivity contribution < 1.29 is 9.59 Å². The average molecular weight is 274 g/mol. The van der Waals surface area contributed by atoms with Gasteiger partial charge in [0.25, 0.3) is 5.91 Å². The van der Waals surface area contributed by atoms with Crippen LogP contribution >= 0.6 is 11.3 Å². The van der Waals surface area contributed by atoms with E-state index >= 15 is 0 Å². The maximum Gasteiger partial charge on any atom is 0.256 e. The Morgan fingerprint density at radius 3 is 2.26 bits per heavy atom. The molecule has 98 valence electrons. The molecule has 0 aliphatic heterocycles. The molecule has 0 atom stereocenters. The Balaban J connectivity index is 2.15. The molecule has 0 aliphatic carbocycles. The Morgan fingerprint density at radius 2 is 1.79 bits per heavy atom. The summed E-state index contributed by atoms with van der Waals surface area (Å²) in [6.45, 7) is 3.91. The highest BCUT2D eigenvalue weighted by molar-refractivity contribution is 7.10. The SMILES string of the molecule is Cc1scc(C(=O)Nc2ccc(C(N)=O)cc2)c1C. The van der Waals surface area contributed by atoms with Crippen LogP contribution in [0.1, 0.15) is 31.2 Å². The van der Waals surface area contributed by atoms with E-state index in [0.717, 1.165) is 10.4 Å². The summed E-state index contributed by atoms with van der Waals surface area (Å²) in [6, 6.07) is 6.49. The zero-order valence-corrected chi connectivity index (χ0v) is 11.5. The van der Waals surface area contributed by atoms with Gasteiger partial charge in [-0.1, -0.05) is 0 Å². The predicted octanol–water partition coefficient (Wildman–Crippen LogP) is 2.72. The zero-order chi connectivity index (χ0) is 14.0. The number of anilines is 1. The zero-order valence-electron chi connectivity index (χ0n) is 10.7. The maximum atomic E-state index is 12.1. The fourth-order valence-corrected chi connectivity index (χ4v) is 2.52. The number of rotatable bonds is 3. The smallest absolute Gasteiger partial charge is 0.256 e. The number of hydrogen-bond acceptors (Lipinski definition) is 3. The third-order valence-electron chi connectivity index (χ3n) is 2.96. The van der Waals surface area contributed by atoms with E-state index in [9.17, 15) is 9.59 Å². The van der Waals surface area contributed by atoms with Crippen LogP contribution in [0, 0.1) is 13.8 Å². The highest BCUT2D eigenvalue weighted by Crippen LogP contribution is 2.21. The van der Waals surface area contributed by atoms with E-state index in [4.69, 9.17) is 5.73 Å². The Hall–Kier alpha value is -2.14. The molecular weight excluding hydrogens is 260 g/mol. The summed E-state index contributed by atoms with van der Waals surface area (Å²) < 4.78 is 0. The van der Waals surface area contributed by atoms with Crippen molar-refractivity contribution in [1.82, 2.24) is 0 Å². The number of benzene rings is 1. The van der Waals surface area contributed by atoms with Crippen LogP contribution in [0.4, 0.5) is 5.69 Å². The Morgan fingerprint density at radius 1 is 1.16 bits per heavy atom. The predicted molar refractivity (Wildman–Crippen MR) is 76.7 cm³/mol. The summed E-state index contributed by atoms with van der Waals surface area (Å²) in [5, 5.41) is 4.64. The molecule has 0 bridgehead atoms. The van der Waals surface area contributed by atoms with E-state index < -0.39 is 5.91 Å². The van der Waals surface area contributed by atoms with E-state index in [2.05, 4.69) is 5.32 Å². The van der Waals surface area contributed by atoms with Gasteiger partial charge in [0.05, 0.1) is 5.56 Å². The largest absolute Gasteiger partial charge is 0.366 e. The molecule has 0 aliphatic rings. The number of amides is 2. The molecular formula is C14H14N2O2S. The van der Waals surface area contributed by atoms with Crippen LogP contribution in [0.2, 0.25) is 0 Å². The molecule has 5 heteroatoms. The first-order chi connectivity index (χ1) is 8.99. The van der Waals surface area contributed by atoms with Gasteiger partial charge in [-0.3, -0.25) is 9.59 Å². The van der Waals surface area contributed by atoms with Gasteiger partial charge in [0, 0.05) is 21.5 Å². The van der Waals surface area contributed by atoms with Crippen LogP contribution in [0.5, 0.6) is 0 Å². The van der Waals surface area contributed by atoms with Crippen molar-refractivity contribution in [3.05, 3.63) is 51.2 Å².